The normalized spacial score (nSPS) is 9.23. The van der Waals surface area contributed by atoms with Gasteiger partial charge in [-0.05, 0) is 0 Å². The minimum Gasteiger partial charge on any atom is -1.00 e. The Balaban J connectivity index is 0.000000845. The number of anilines is 1. The smallest absolute Gasteiger partial charge is 0.252 e. The minimum atomic E-state index is 0. The Morgan fingerprint density at radius 3 is 2.38 bits per heavy atom. The number of hydrogen-bond acceptors (Lipinski definition) is 1. The number of nitrogens with zero attached hydrogens (tertiary/aromatic N) is 1. The minimum absolute atomic E-state index is 0. The molecule has 0 atom stereocenters. The van der Waals surface area contributed by atoms with Crippen molar-refractivity contribution >= 4 is 5.82 Å². The van der Waals surface area contributed by atoms with Crippen LogP contribution in [-0.2, 0) is 0 Å². The van der Waals surface area contributed by atoms with Gasteiger partial charge in [-0.2, -0.15) is 4.57 Å². The van der Waals surface area contributed by atoms with Crippen molar-refractivity contribution in [3.05, 3.63) is 42.9 Å². The van der Waals surface area contributed by atoms with Crippen molar-refractivity contribution in [1.82, 2.24) is 4.98 Å². The van der Waals surface area contributed by atoms with Crippen molar-refractivity contribution in [2.45, 2.75) is 0 Å². The standard InChI is InChI=1S/C9H10N3.ClH/c10-9-8(4-5-11-9)12-6-2-1-3-7-12;/h1-7,11H,10H2;1H/q+1;/p-1. The zero-order valence-electron chi connectivity index (χ0n) is 6.94. The van der Waals surface area contributed by atoms with Crippen LogP contribution in [0.2, 0.25) is 0 Å². The summed E-state index contributed by atoms with van der Waals surface area (Å²) < 4.78 is 1.96. The van der Waals surface area contributed by atoms with Gasteiger partial charge in [0.15, 0.2) is 18.2 Å². The molecule has 0 spiro atoms. The van der Waals surface area contributed by atoms with Gasteiger partial charge in [0.1, 0.15) is 0 Å². The van der Waals surface area contributed by atoms with Crippen LogP contribution in [0.4, 0.5) is 5.82 Å². The van der Waals surface area contributed by atoms with Crippen molar-refractivity contribution in [3.8, 4) is 5.69 Å². The maximum atomic E-state index is 5.70. The highest BCUT2D eigenvalue weighted by Crippen LogP contribution is 2.06. The maximum absolute atomic E-state index is 5.70. The van der Waals surface area contributed by atoms with Crippen LogP contribution in [0.25, 0.3) is 5.69 Å². The quantitative estimate of drug-likeness (QED) is 0.503. The summed E-state index contributed by atoms with van der Waals surface area (Å²) in [5.41, 5.74) is 6.68. The van der Waals surface area contributed by atoms with Crippen molar-refractivity contribution in [3.63, 3.8) is 0 Å². The predicted molar refractivity (Wildman–Crippen MR) is 46.7 cm³/mol. The van der Waals surface area contributed by atoms with Crippen LogP contribution in [0, 0.1) is 0 Å². The molecule has 3 nitrogen and oxygen atoms in total. The van der Waals surface area contributed by atoms with Crippen molar-refractivity contribution in [2.75, 3.05) is 5.73 Å². The molecule has 3 N–H and O–H groups in total. The van der Waals surface area contributed by atoms with Gasteiger partial charge in [0.25, 0.3) is 5.69 Å². The Hall–Kier alpha value is -1.48. The molecule has 0 saturated carbocycles. The molecule has 0 radical (unpaired) electrons. The van der Waals surface area contributed by atoms with Crippen molar-refractivity contribution in [2.24, 2.45) is 0 Å². The Kier molecular flexibility index (Phi) is 2.93. The summed E-state index contributed by atoms with van der Waals surface area (Å²) in [6.07, 6.45) is 5.74. The zero-order valence-corrected chi connectivity index (χ0v) is 7.70. The summed E-state index contributed by atoms with van der Waals surface area (Å²) in [4.78, 5) is 2.92. The molecule has 68 valence electrons. The summed E-state index contributed by atoms with van der Waals surface area (Å²) >= 11 is 0. The van der Waals surface area contributed by atoms with Gasteiger partial charge in [-0.1, -0.05) is 6.07 Å². The second-order valence-electron chi connectivity index (χ2n) is 2.56. The number of hydrogen-bond donors (Lipinski definition) is 2. The number of rotatable bonds is 1. The predicted octanol–water partition coefficient (Wildman–Crippen LogP) is -2.12. The van der Waals surface area contributed by atoms with E-state index in [2.05, 4.69) is 4.98 Å². The monoisotopic (exact) mass is 195 g/mol. The Bertz CT molecular complexity index is 369. The number of nitrogens with one attached hydrogen (secondary N) is 1. The lowest BCUT2D eigenvalue weighted by molar-refractivity contribution is -0.594. The first-order valence-electron chi connectivity index (χ1n) is 3.77. The van der Waals surface area contributed by atoms with E-state index in [9.17, 15) is 0 Å². The summed E-state index contributed by atoms with van der Waals surface area (Å²) in [6.45, 7) is 0. The molecule has 0 aromatic carbocycles. The molecule has 0 aliphatic carbocycles. The van der Waals surface area contributed by atoms with E-state index in [1.165, 1.54) is 0 Å². The third kappa shape index (κ3) is 1.81. The molecule has 0 bridgehead atoms. The van der Waals surface area contributed by atoms with Gasteiger partial charge in [-0.25, -0.2) is 0 Å². The lowest BCUT2D eigenvalue weighted by Crippen LogP contribution is -3.00. The highest BCUT2D eigenvalue weighted by Gasteiger charge is 2.08. The highest BCUT2D eigenvalue weighted by atomic mass is 35.5. The molecular weight excluding hydrogens is 186 g/mol. The number of nitrogen functional groups attached to an aromatic ring is 1. The fourth-order valence-electron chi connectivity index (χ4n) is 1.16. The van der Waals surface area contributed by atoms with Crippen LogP contribution in [0.3, 0.4) is 0 Å². The molecule has 0 unspecified atom stereocenters. The van der Waals surface area contributed by atoms with Crippen LogP contribution in [-0.4, -0.2) is 4.98 Å². The molecule has 0 saturated heterocycles. The molecule has 2 aromatic heterocycles. The fraction of sp³-hybridized carbons (Fsp3) is 0. The maximum Gasteiger partial charge on any atom is 0.252 e. The third-order valence-electron chi connectivity index (χ3n) is 1.75. The van der Waals surface area contributed by atoms with Gasteiger partial charge >= 0.3 is 0 Å². The van der Waals surface area contributed by atoms with E-state index in [4.69, 9.17) is 5.73 Å². The van der Waals surface area contributed by atoms with Crippen LogP contribution in [0.5, 0.6) is 0 Å². The number of aromatic amines is 1. The summed E-state index contributed by atoms with van der Waals surface area (Å²) in [5, 5.41) is 0. The second-order valence-corrected chi connectivity index (χ2v) is 2.56. The molecule has 2 rings (SSSR count). The second kappa shape index (κ2) is 3.96. The molecule has 2 heterocycles. The summed E-state index contributed by atoms with van der Waals surface area (Å²) in [7, 11) is 0. The van der Waals surface area contributed by atoms with Crippen LogP contribution in [0.1, 0.15) is 0 Å². The molecular formula is C9H10ClN3. The van der Waals surface area contributed by atoms with E-state index in [0.29, 0.717) is 5.82 Å². The molecule has 4 heteroatoms. The van der Waals surface area contributed by atoms with E-state index >= 15 is 0 Å². The van der Waals surface area contributed by atoms with E-state index in [-0.39, 0.29) is 12.4 Å². The van der Waals surface area contributed by atoms with E-state index < -0.39 is 0 Å². The van der Waals surface area contributed by atoms with Gasteiger partial charge in [0.05, 0.1) is 0 Å². The van der Waals surface area contributed by atoms with Crippen molar-refractivity contribution in [1.29, 1.82) is 0 Å². The molecule has 2 aromatic rings. The zero-order chi connectivity index (χ0) is 8.39. The van der Waals surface area contributed by atoms with Gasteiger partial charge in [-0.3, -0.25) is 0 Å². The SMILES string of the molecule is Nc1[nH]ccc1-[n+]1ccccc1.[Cl-]. The lowest BCUT2D eigenvalue weighted by Gasteiger charge is -1.91. The number of nitrogens with two attached hydrogens (primary N) is 1. The molecule has 0 aliphatic rings. The van der Waals surface area contributed by atoms with E-state index in [1.807, 2.05) is 47.4 Å². The Morgan fingerprint density at radius 1 is 1.15 bits per heavy atom. The Morgan fingerprint density at radius 2 is 1.85 bits per heavy atom. The molecule has 0 amide bonds. The van der Waals surface area contributed by atoms with Crippen LogP contribution in [0.15, 0.2) is 42.9 Å². The summed E-state index contributed by atoms with van der Waals surface area (Å²) in [5.74, 6) is 0.686. The number of aromatic nitrogens is 2. The fourth-order valence-corrected chi connectivity index (χ4v) is 1.16. The highest BCUT2D eigenvalue weighted by molar-refractivity contribution is 5.46. The molecule has 13 heavy (non-hydrogen) atoms. The third-order valence-corrected chi connectivity index (χ3v) is 1.75. The first kappa shape index (κ1) is 9.61. The van der Waals surface area contributed by atoms with Gasteiger partial charge < -0.3 is 23.1 Å². The van der Waals surface area contributed by atoms with E-state index in [1.54, 1.807) is 0 Å². The molecule has 0 aliphatic heterocycles. The van der Waals surface area contributed by atoms with E-state index in [0.717, 1.165) is 5.69 Å². The number of H-pyrrole nitrogens is 1. The summed E-state index contributed by atoms with van der Waals surface area (Å²) in [6, 6.07) is 7.84. The largest absolute Gasteiger partial charge is 1.00 e. The lowest BCUT2D eigenvalue weighted by atomic mass is 10.4. The average molecular weight is 196 g/mol. The van der Waals surface area contributed by atoms with Crippen LogP contribution >= 0.6 is 0 Å². The van der Waals surface area contributed by atoms with Gasteiger partial charge in [-0.15, -0.1) is 0 Å². The van der Waals surface area contributed by atoms with Gasteiger partial charge in [0, 0.05) is 24.4 Å². The van der Waals surface area contributed by atoms with Crippen LogP contribution < -0.4 is 22.7 Å². The first-order chi connectivity index (χ1) is 5.88. The number of halogens is 1. The van der Waals surface area contributed by atoms with Crippen molar-refractivity contribution < 1.29 is 17.0 Å². The van der Waals surface area contributed by atoms with Gasteiger partial charge in [0.2, 0.25) is 0 Å². The molecule has 0 fully saturated rings. The first-order valence-corrected chi connectivity index (χ1v) is 3.77. The average Bonchev–Trinajstić information content (AvgIpc) is 2.53. The Labute approximate surface area is 82.6 Å². The topological polar surface area (TPSA) is 45.7 Å². The number of pyridine rings is 1.